The maximum atomic E-state index is 11.7. The van der Waals surface area contributed by atoms with Gasteiger partial charge in [-0.1, -0.05) is 24.3 Å². The molecule has 6 nitrogen and oxygen atoms in total. The van der Waals surface area contributed by atoms with Crippen LogP contribution in [0.5, 0.6) is 0 Å². The third kappa shape index (κ3) is 2.66. The summed E-state index contributed by atoms with van der Waals surface area (Å²) in [6.45, 7) is 1.11. The average Bonchev–Trinajstić information content (AvgIpc) is 3.21. The van der Waals surface area contributed by atoms with Crippen molar-refractivity contribution >= 4 is 11.6 Å². The van der Waals surface area contributed by atoms with Gasteiger partial charge in [0, 0.05) is 17.8 Å². The smallest absolute Gasteiger partial charge is 0.251 e. The summed E-state index contributed by atoms with van der Waals surface area (Å²) in [7, 11) is 0. The molecule has 0 spiro atoms. The van der Waals surface area contributed by atoms with Crippen LogP contribution in [0.2, 0.25) is 0 Å². The van der Waals surface area contributed by atoms with Gasteiger partial charge in [0.15, 0.2) is 5.82 Å². The van der Waals surface area contributed by atoms with E-state index >= 15 is 0 Å². The number of hydrogen-bond donors (Lipinski definition) is 2. The zero-order valence-electron chi connectivity index (χ0n) is 12.4. The molecule has 2 aromatic carbocycles. The molecular formula is C17H15N5O. The van der Waals surface area contributed by atoms with Gasteiger partial charge in [-0.3, -0.25) is 4.79 Å². The topological polar surface area (TPSA) is 71.8 Å². The van der Waals surface area contributed by atoms with Crippen molar-refractivity contribution in [3.8, 4) is 5.69 Å². The normalized spacial score (nSPS) is 12.8. The maximum Gasteiger partial charge on any atom is 0.251 e. The summed E-state index contributed by atoms with van der Waals surface area (Å²) in [6, 6.07) is 15.6. The lowest BCUT2D eigenvalue weighted by Gasteiger charge is -2.05. The molecule has 0 bridgehead atoms. The Bertz CT molecular complexity index is 856. The van der Waals surface area contributed by atoms with Crippen LogP contribution in [0.15, 0.2) is 54.9 Å². The highest BCUT2D eigenvalue weighted by atomic mass is 16.1. The van der Waals surface area contributed by atoms with Gasteiger partial charge < -0.3 is 10.6 Å². The molecule has 0 saturated carbocycles. The van der Waals surface area contributed by atoms with Crippen molar-refractivity contribution < 1.29 is 4.79 Å². The van der Waals surface area contributed by atoms with Gasteiger partial charge in [0.25, 0.3) is 5.91 Å². The molecule has 23 heavy (non-hydrogen) atoms. The van der Waals surface area contributed by atoms with Crippen molar-refractivity contribution in [3.63, 3.8) is 0 Å². The van der Waals surface area contributed by atoms with E-state index in [1.807, 2.05) is 48.5 Å². The summed E-state index contributed by atoms with van der Waals surface area (Å²) >= 11 is 0. The molecule has 1 aliphatic heterocycles. The molecule has 1 aliphatic rings. The number of fused-ring (bicyclic) bond motifs is 1. The van der Waals surface area contributed by atoms with E-state index in [-0.39, 0.29) is 5.91 Å². The molecule has 0 atom stereocenters. The molecular weight excluding hydrogens is 290 g/mol. The zero-order valence-corrected chi connectivity index (χ0v) is 12.4. The van der Waals surface area contributed by atoms with Crippen molar-refractivity contribution in [1.82, 2.24) is 20.1 Å². The molecule has 1 amide bonds. The molecule has 2 N–H and O–H groups in total. The molecule has 0 unspecified atom stereocenters. The molecule has 2 heterocycles. The first kappa shape index (κ1) is 13.5. The number of anilines is 1. The molecule has 1 aromatic heterocycles. The number of hydrogen-bond acceptors (Lipinski definition) is 4. The minimum atomic E-state index is -0.0184. The lowest BCUT2D eigenvalue weighted by molar-refractivity contribution is 0.0966. The van der Waals surface area contributed by atoms with E-state index in [1.165, 1.54) is 0 Å². The van der Waals surface area contributed by atoms with Gasteiger partial charge in [-0.15, -0.1) is 5.10 Å². The number of rotatable bonds is 4. The van der Waals surface area contributed by atoms with Crippen molar-refractivity contribution in [2.75, 3.05) is 5.32 Å². The van der Waals surface area contributed by atoms with Crippen molar-refractivity contribution in [3.05, 3.63) is 71.8 Å². The summed E-state index contributed by atoms with van der Waals surface area (Å²) < 4.78 is 1.74. The van der Waals surface area contributed by atoms with Crippen LogP contribution in [0.4, 0.5) is 5.69 Å². The second kappa shape index (κ2) is 5.57. The predicted molar refractivity (Wildman–Crippen MR) is 86.3 cm³/mol. The van der Waals surface area contributed by atoms with E-state index in [4.69, 9.17) is 0 Å². The standard InChI is InChI=1S/C17H15N5O/c23-17-15-8-13(7-6-12(15)9-19-17)18-10-16-20-11-22(21-16)14-4-2-1-3-5-14/h1-8,11,18H,9-10H2,(H,19,23). The second-order valence-electron chi connectivity index (χ2n) is 5.35. The van der Waals surface area contributed by atoms with Gasteiger partial charge in [-0.05, 0) is 29.8 Å². The first-order valence-electron chi connectivity index (χ1n) is 7.40. The molecule has 3 aromatic rings. The van der Waals surface area contributed by atoms with Gasteiger partial charge in [0.1, 0.15) is 6.33 Å². The van der Waals surface area contributed by atoms with Gasteiger partial charge in [0.2, 0.25) is 0 Å². The molecule has 0 fully saturated rings. The number of carbonyl (C=O) groups excluding carboxylic acids is 1. The quantitative estimate of drug-likeness (QED) is 0.774. The van der Waals surface area contributed by atoms with Gasteiger partial charge in [-0.25, -0.2) is 9.67 Å². The second-order valence-corrected chi connectivity index (χ2v) is 5.35. The lowest BCUT2D eigenvalue weighted by Crippen LogP contribution is -2.12. The fourth-order valence-electron chi connectivity index (χ4n) is 2.59. The molecule has 0 radical (unpaired) electrons. The maximum absolute atomic E-state index is 11.7. The van der Waals surface area contributed by atoms with Crippen LogP contribution in [-0.4, -0.2) is 20.7 Å². The van der Waals surface area contributed by atoms with E-state index in [0.717, 1.165) is 22.5 Å². The van der Waals surface area contributed by atoms with Gasteiger partial charge >= 0.3 is 0 Å². The average molecular weight is 305 g/mol. The van der Waals surface area contributed by atoms with Crippen molar-refractivity contribution in [2.24, 2.45) is 0 Å². The highest BCUT2D eigenvalue weighted by Gasteiger charge is 2.18. The molecule has 114 valence electrons. The Balaban J connectivity index is 1.47. The van der Waals surface area contributed by atoms with Crippen LogP contribution in [0.3, 0.4) is 0 Å². The van der Waals surface area contributed by atoms with Crippen molar-refractivity contribution in [2.45, 2.75) is 13.1 Å². The predicted octanol–water partition coefficient (Wildman–Crippen LogP) is 2.12. The molecule has 6 heteroatoms. The van der Waals surface area contributed by atoms with E-state index in [0.29, 0.717) is 18.9 Å². The summed E-state index contributed by atoms with van der Waals surface area (Å²) in [4.78, 5) is 16.0. The van der Waals surface area contributed by atoms with Gasteiger partial charge in [-0.2, -0.15) is 0 Å². The van der Waals surface area contributed by atoms with Gasteiger partial charge in [0.05, 0.1) is 12.2 Å². The Hall–Kier alpha value is -3.15. The Kier molecular flexibility index (Phi) is 3.27. The third-order valence-electron chi connectivity index (χ3n) is 3.80. The number of nitrogens with zero attached hydrogens (tertiary/aromatic N) is 3. The van der Waals surface area contributed by atoms with E-state index < -0.39 is 0 Å². The molecule has 0 aliphatic carbocycles. The Labute approximate surface area is 133 Å². The monoisotopic (exact) mass is 305 g/mol. The zero-order chi connectivity index (χ0) is 15.6. The third-order valence-corrected chi connectivity index (χ3v) is 3.80. The van der Waals surface area contributed by atoms with Crippen LogP contribution in [0.25, 0.3) is 5.69 Å². The Morgan fingerprint density at radius 1 is 1.17 bits per heavy atom. The highest BCUT2D eigenvalue weighted by Crippen LogP contribution is 2.20. The number of carbonyl (C=O) groups is 1. The number of para-hydroxylation sites is 1. The van der Waals surface area contributed by atoms with Crippen LogP contribution in [-0.2, 0) is 13.1 Å². The SMILES string of the molecule is O=C1NCc2ccc(NCc3ncn(-c4ccccc4)n3)cc21. The largest absolute Gasteiger partial charge is 0.378 e. The van der Waals surface area contributed by atoms with Crippen LogP contribution < -0.4 is 10.6 Å². The fraction of sp³-hybridized carbons (Fsp3) is 0.118. The Morgan fingerprint density at radius 2 is 2.04 bits per heavy atom. The number of nitrogens with one attached hydrogen (secondary N) is 2. The molecule has 4 rings (SSSR count). The summed E-state index contributed by atoms with van der Waals surface area (Å²) in [5, 5.41) is 10.5. The minimum Gasteiger partial charge on any atom is -0.378 e. The Morgan fingerprint density at radius 3 is 2.91 bits per heavy atom. The first-order valence-corrected chi connectivity index (χ1v) is 7.40. The van der Waals surface area contributed by atoms with E-state index in [9.17, 15) is 4.79 Å². The van der Waals surface area contributed by atoms with Crippen molar-refractivity contribution in [1.29, 1.82) is 0 Å². The van der Waals surface area contributed by atoms with Crippen LogP contribution >= 0.6 is 0 Å². The summed E-state index contributed by atoms with van der Waals surface area (Å²) in [5.74, 6) is 0.675. The summed E-state index contributed by atoms with van der Waals surface area (Å²) in [6.07, 6.45) is 1.70. The number of benzene rings is 2. The van der Waals surface area contributed by atoms with E-state index in [2.05, 4.69) is 20.7 Å². The number of amides is 1. The minimum absolute atomic E-state index is 0.0184. The van der Waals surface area contributed by atoms with E-state index in [1.54, 1.807) is 11.0 Å². The van der Waals surface area contributed by atoms with Crippen LogP contribution in [0, 0.1) is 0 Å². The number of aromatic nitrogens is 3. The summed E-state index contributed by atoms with van der Waals surface area (Å²) in [5.41, 5.74) is 3.63. The molecule has 0 saturated heterocycles. The highest BCUT2D eigenvalue weighted by molar-refractivity contribution is 5.99. The fourth-order valence-corrected chi connectivity index (χ4v) is 2.59. The lowest BCUT2D eigenvalue weighted by atomic mass is 10.1. The first-order chi connectivity index (χ1) is 11.3. The van der Waals surface area contributed by atoms with Crippen LogP contribution in [0.1, 0.15) is 21.7 Å².